The second-order valence-electron chi connectivity index (χ2n) is 7.63. The van der Waals surface area contributed by atoms with Gasteiger partial charge in [-0.05, 0) is 55.5 Å². The van der Waals surface area contributed by atoms with Crippen molar-refractivity contribution in [1.29, 1.82) is 0 Å². The van der Waals surface area contributed by atoms with Gasteiger partial charge in [-0.1, -0.05) is 23.9 Å². The monoisotopic (exact) mass is 405 g/mol. The normalized spacial score (nSPS) is 16.3. The molecule has 6 nitrogen and oxygen atoms in total. The molecule has 7 heteroatoms. The van der Waals surface area contributed by atoms with E-state index in [1.54, 1.807) is 18.0 Å². The van der Waals surface area contributed by atoms with Crippen molar-refractivity contribution in [3.8, 4) is 11.4 Å². The Bertz CT molecular complexity index is 992. The van der Waals surface area contributed by atoms with Crippen molar-refractivity contribution in [3.05, 3.63) is 59.9 Å². The van der Waals surface area contributed by atoms with Crippen LogP contribution in [0.2, 0.25) is 0 Å². The molecule has 0 bridgehead atoms. The van der Waals surface area contributed by atoms with Crippen molar-refractivity contribution in [2.45, 2.75) is 42.6 Å². The zero-order valence-electron chi connectivity index (χ0n) is 16.2. The number of hydrogen-bond acceptors (Lipinski definition) is 5. The number of nitrogens with zero attached hydrogens (tertiary/aromatic N) is 5. The third-order valence-electron chi connectivity index (χ3n) is 5.46. The zero-order chi connectivity index (χ0) is 19.6. The summed E-state index contributed by atoms with van der Waals surface area (Å²) in [5.74, 6) is 1.85. The fraction of sp³-hybridized carbons (Fsp3) is 0.364. The zero-order valence-corrected chi connectivity index (χ0v) is 17.0. The number of likely N-dealkylation sites (tertiary alicyclic amines) is 1. The molecule has 2 aliphatic rings. The van der Waals surface area contributed by atoms with E-state index in [0.717, 1.165) is 53.8 Å². The number of aromatic nitrogens is 4. The van der Waals surface area contributed by atoms with Gasteiger partial charge >= 0.3 is 0 Å². The number of rotatable bonds is 6. The highest BCUT2D eigenvalue weighted by Crippen LogP contribution is 2.41. The molecular weight excluding hydrogens is 382 g/mol. The van der Waals surface area contributed by atoms with Crippen molar-refractivity contribution in [1.82, 2.24) is 24.6 Å². The minimum absolute atomic E-state index is 0.149. The molecule has 5 rings (SSSR count). The summed E-state index contributed by atoms with van der Waals surface area (Å²) in [5, 5.41) is 9.85. The summed E-state index contributed by atoms with van der Waals surface area (Å²) in [6.07, 6.45) is 8.19. The fourth-order valence-electron chi connectivity index (χ4n) is 3.72. The van der Waals surface area contributed by atoms with E-state index in [1.165, 1.54) is 18.4 Å². The molecule has 2 aromatic heterocycles. The number of amides is 1. The largest absolute Gasteiger partial charge is 0.339 e. The van der Waals surface area contributed by atoms with Crippen LogP contribution >= 0.6 is 11.8 Å². The molecule has 1 amide bonds. The number of carbonyl (C=O) groups is 1. The SMILES string of the molecule is O=C(c1ccc(CSc2nnc(-c3cccnc3)n2C2CC2)cc1)N1CCCC1. The van der Waals surface area contributed by atoms with Gasteiger partial charge in [0.05, 0.1) is 0 Å². The smallest absolute Gasteiger partial charge is 0.253 e. The van der Waals surface area contributed by atoms with E-state index in [1.807, 2.05) is 35.4 Å². The van der Waals surface area contributed by atoms with Crippen molar-refractivity contribution >= 4 is 17.7 Å². The Kier molecular flexibility index (Phi) is 5.06. The van der Waals surface area contributed by atoms with Crippen LogP contribution in [0.5, 0.6) is 0 Å². The van der Waals surface area contributed by atoms with Gasteiger partial charge in [-0.3, -0.25) is 14.3 Å². The predicted molar refractivity (Wildman–Crippen MR) is 113 cm³/mol. The minimum Gasteiger partial charge on any atom is -0.339 e. The van der Waals surface area contributed by atoms with E-state index in [9.17, 15) is 4.79 Å². The first-order chi connectivity index (χ1) is 14.3. The summed E-state index contributed by atoms with van der Waals surface area (Å²) in [6, 6.07) is 12.4. The van der Waals surface area contributed by atoms with Gasteiger partial charge in [0, 0.05) is 48.4 Å². The highest BCUT2D eigenvalue weighted by Gasteiger charge is 2.30. The van der Waals surface area contributed by atoms with Crippen LogP contribution in [-0.4, -0.2) is 43.6 Å². The maximum absolute atomic E-state index is 12.5. The molecule has 3 aromatic rings. The van der Waals surface area contributed by atoms with E-state index in [2.05, 4.69) is 31.9 Å². The first-order valence-corrected chi connectivity index (χ1v) is 11.1. The van der Waals surface area contributed by atoms with Gasteiger partial charge in [0.2, 0.25) is 0 Å². The number of benzene rings is 1. The lowest BCUT2D eigenvalue weighted by atomic mass is 10.1. The molecule has 0 spiro atoms. The molecule has 1 saturated carbocycles. The topological polar surface area (TPSA) is 63.9 Å². The molecule has 2 fully saturated rings. The quantitative estimate of drug-likeness (QED) is 0.575. The van der Waals surface area contributed by atoms with Crippen molar-refractivity contribution in [2.75, 3.05) is 13.1 Å². The summed E-state index contributed by atoms with van der Waals surface area (Å²) in [7, 11) is 0. The first kappa shape index (κ1) is 18.4. The summed E-state index contributed by atoms with van der Waals surface area (Å²) >= 11 is 1.70. The van der Waals surface area contributed by atoms with Crippen molar-refractivity contribution in [2.24, 2.45) is 0 Å². The molecule has 1 aromatic carbocycles. The van der Waals surface area contributed by atoms with E-state index in [-0.39, 0.29) is 5.91 Å². The van der Waals surface area contributed by atoms with Crippen LogP contribution in [0.4, 0.5) is 0 Å². The second-order valence-corrected chi connectivity index (χ2v) is 8.58. The molecule has 1 saturated heterocycles. The Morgan fingerprint density at radius 1 is 1.07 bits per heavy atom. The summed E-state index contributed by atoms with van der Waals surface area (Å²) in [4.78, 5) is 18.7. The maximum Gasteiger partial charge on any atom is 0.253 e. The molecule has 148 valence electrons. The Morgan fingerprint density at radius 2 is 1.86 bits per heavy atom. The van der Waals surface area contributed by atoms with E-state index < -0.39 is 0 Å². The van der Waals surface area contributed by atoms with Crippen molar-refractivity contribution in [3.63, 3.8) is 0 Å². The molecule has 0 radical (unpaired) electrons. The van der Waals surface area contributed by atoms with Gasteiger partial charge < -0.3 is 4.90 Å². The van der Waals surface area contributed by atoms with E-state index in [4.69, 9.17) is 0 Å². The van der Waals surface area contributed by atoms with Gasteiger partial charge in [-0.25, -0.2) is 0 Å². The molecule has 1 aliphatic heterocycles. The summed E-state index contributed by atoms with van der Waals surface area (Å²) < 4.78 is 2.26. The lowest BCUT2D eigenvalue weighted by Crippen LogP contribution is -2.27. The molecule has 1 aliphatic carbocycles. The lowest BCUT2D eigenvalue weighted by Gasteiger charge is -2.15. The molecule has 29 heavy (non-hydrogen) atoms. The molecular formula is C22H23N5OS. The third kappa shape index (κ3) is 3.92. The van der Waals surface area contributed by atoms with E-state index in [0.29, 0.717) is 6.04 Å². The van der Waals surface area contributed by atoms with Crippen molar-refractivity contribution < 1.29 is 4.79 Å². The van der Waals surface area contributed by atoms with E-state index >= 15 is 0 Å². The average molecular weight is 406 g/mol. The Morgan fingerprint density at radius 3 is 2.55 bits per heavy atom. The van der Waals surface area contributed by atoms with Crippen LogP contribution in [0.1, 0.15) is 47.6 Å². The number of thioether (sulfide) groups is 1. The van der Waals surface area contributed by atoms with Crippen LogP contribution in [0.25, 0.3) is 11.4 Å². The molecule has 3 heterocycles. The van der Waals surface area contributed by atoms with Crippen LogP contribution in [-0.2, 0) is 5.75 Å². The highest BCUT2D eigenvalue weighted by atomic mass is 32.2. The van der Waals surface area contributed by atoms with Crippen LogP contribution in [0.15, 0.2) is 53.9 Å². The number of pyridine rings is 1. The van der Waals surface area contributed by atoms with Gasteiger partial charge in [-0.15, -0.1) is 10.2 Å². The third-order valence-corrected chi connectivity index (χ3v) is 6.47. The van der Waals surface area contributed by atoms with Gasteiger partial charge in [0.1, 0.15) is 0 Å². The van der Waals surface area contributed by atoms with Gasteiger partial charge in [-0.2, -0.15) is 0 Å². The highest BCUT2D eigenvalue weighted by molar-refractivity contribution is 7.98. The first-order valence-electron chi connectivity index (χ1n) is 10.2. The molecule has 0 N–H and O–H groups in total. The minimum atomic E-state index is 0.149. The maximum atomic E-state index is 12.5. The number of hydrogen-bond donors (Lipinski definition) is 0. The fourth-order valence-corrected chi connectivity index (χ4v) is 4.68. The summed E-state index contributed by atoms with van der Waals surface area (Å²) in [6.45, 7) is 1.76. The number of carbonyl (C=O) groups excluding carboxylic acids is 1. The lowest BCUT2D eigenvalue weighted by molar-refractivity contribution is 0.0793. The Hall–Kier alpha value is -2.67. The Balaban J connectivity index is 1.29. The summed E-state index contributed by atoms with van der Waals surface area (Å²) in [5.41, 5.74) is 2.96. The van der Waals surface area contributed by atoms with Gasteiger partial charge in [0.25, 0.3) is 5.91 Å². The Labute approximate surface area is 174 Å². The van der Waals surface area contributed by atoms with Crippen LogP contribution in [0, 0.1) is 0 Å². The predicted octanol–water partition coefficient (Wildman–Crippen LogP) is 4.20. The second kappa shape index (κ2) is 7.99. The van der Waals surface area contributed by atoms with Crippen LogP contribution in [0.3, 0.4) is 0 Å². The molecule has 0 atom stereocenters. The standard InChI is InChI=1S/C22H23N5OS/c28-21(26-12-1-2-13-26)17-7-5-16(6-8-17)15-29-22-25-24-20(27(22)19-9-10-19)18-4-3-11-23-14-18/h3-8,11,14,19H,1-2,9-10,12-13,15H2. The van der Waals surface area contributed by atoms with Crippen LogP contribution < -0.4 is 0 Å². The van der Waals surface area contributed by atoms with Gasteiger partial charge in [0.15, 0.2) is 11.0 Å². The molecule has 0 unspecified atom stereocenters. The average Bonchev–Trinajstić information content (AvgIpc) is 3.28.